The van der Waals surface area contributed by atoms with Crippen molar-refractivity contribution in [2.24, 2.45) is 0 Å². The van der Waals surface area contributed by atoms with E-state index in [1.807, 2.05) is 29.7 Å². The number of ether oxygens (including phenoxy) is 2. The Labute approximate surface area is 203 Å². The number of anilines is 1. The number of Topliss-reactive ketones (excluding diaryl/α,β-unsaturated/α-hetero) is 1. The van der Waals surface area contributed by atoms with Crippen molar-refractivity contribution in [1.29, 1.82) is 0 Å². The van der Waals surface area contributed by atoms with E-state index in [1.165, 1.54) is 18.7 Å². The molecule has 9 heteroatoms. The number of hydrogen-bond donors (Lipinski definition) is 1. The van der Waals surface area contributed by atoms with Gasteiger partial charge in [0.25, 0.3) is 0 Å². The number of hydrogen-bond acceptors (Lipinski definition) is 7. The van der Waals surface area contributed by atoms with Crippen LogP contribution in [0.2, 0.25) is 0 Å². The summed E-state index contributed by atoms with van der Waals surface area (Å²) >= 11 is 1.29. The number of thioether (sulfide) groups is 1. The number of nitrogens with zero attached hydrogens (tertiary/aromatic N) is 3. The first-order valence-electron chi connectivity index (χ1n) is 10.8. The highest BCUT2D eigenvalue weighted by molar-refractivity contribution is 8.00. The van der Waals surface area contributed by atoms with E-state index in [9.17, 15) is 9.59 Å². The molecule has 0 saturated carbocycles. The van der Waals surface area contributed by atoms with E-state index in [0.717, 1.165) is 0 Å². The van der Waals surface area contributed by atoms with Gasteiger partial charge in [-0.2, -0.15) is 0 Å². The van der Waals surface area contributed by atoms with Crippen molar-refractivity contribution < 1.29 is 19.1 Å². The molecule has 1 amide bonds. The summed E-state index contributed by atoms with van der Waals surface area (Å²) in [7, 11) is 1.60. The maximum atomic E-state index is 12.8. The second-order valence-electron chi connectivity index (χ2n) is 7.57. The Hall–Kier alpha value is -3.59. The molecule has 0 saturated heterocycles. The number of allylic oxidation sites excluding steroid dienone is 1. The minimum atomic E-state index is -0.462. The lowest BCUT2D eigenvalue weighted by molar-refractivity contribution is -0.115. The van der Waals surface area contributed by atoms with Gasteiger partial charge in [-0.05, 0) is 45.0 Å². The number of benzene rings is 2. The maximum absolute atomic E-state index is 12.8. The average Bonchev–Trinajstić information content (AvgIpc) is 3.21. The Morgan fingerprint density at radius 3 is 2.59 bits per heavy atom. The molecule has 0 aliphatic carbocycles. The molecule has 3 rings (SSSR count). The Morgan fingerprint density at radius 2 is 1.88 bits per heavy atom. The molecule has 0 fully saturated rings. The number of ketones is 1. The van der Waals surface area contributed by atoms with Gasteiger partial charge in [-0.15, -0.1) is 16.8 Å². The van der Waals surface area contributed by atoms with Gasteiger partial charge in [-0.25, -0.2) is 0 Å². The monoisotopic (exact) mass is 480 g/mol. The first-order chi connectivity index (χ1) is 16.3. The molecule has 8 nitrogen and oxygen atoms in total. The molecular formula is C25H28N4O4S. The van der Waals surface area contributed by atoms with Gasteiger partial charge in [0.1, 0.15) is 11.5 Å². The van der Waals surface area contributed by atoms with Crippen LogP contribution in [0, 0.1) is 0 Å². The highest BCUT2D eigenvalue weighted by Crippen LogP contribution is 2.29. The van der Waals surface area contributed by atoms with E-state index in [-0.39, 0.29) is 11.7 Å². The fraction of sp³-hybridized carbons (Fsp3) is 0.280. The average molecular weight is 481 g/mol. The number of aromatic nitrogens is 3. The molecule has 2 aromatic carbocycles. The summed E-state index contributed by atoms with van der Waals surface area (Å²) in [4.78, 5) is 24.4. The third kappa shape index (κ3) is 6.26. The van der Waals surface area contributed by atoms with Gasteiger partial charge in [0.2, 0.25) is 5.91 Å². The topological polar surface area (TPSA) is 95.3 Å². The zero-order chi connectivity index (χ0) is 24.7. The third-order valence-corrected chi connectivity index (χ3v) is 6.04. The van der Waals surface area contributed by atoms with Crippen LogP contribution >= 0.6 is 11.8 Å². The summed E-state index contributed by atoms with van der Waals surface area (Å²) in [6.45, 7) is 9.45. The molecule has 3 aromatic rings. The highest BCUT2D eigenvalue weighted by atomic mass is 32.2. The van der Waals surface area contributed by atoms with Crippen LogP contribution in [0.4, 0.5) is 5.69 Å². The minimum Gasteiger partial charge on any atom is -0.497 e. The summed E-state index contributed by atoms with van der Waals surface area (Å²) in [5.74, 6) is 1.69. The van der Waals surface area contributed by atoms with Gasteiger partial charge >= 0.3 is 0 Å². The normalized spacial score (nSPS) is 12.5. The van der Waals surface area contributed by atoms with Crippen molar-refractivity contribution >= 4 is 29.1 Å². The van der Waals surface area contributed by atoms with E-state index in [2.05, 4.69) is 22.1 Å². The zero-order valence-electron chi connectivity index (χ0n) is 19.6. The second-order valence-corrected chi connectivity index (χ2v) is 8.87. The minimum absolute atomic E-state index is 0.0612. The zero-order valence-corrected chi connectivity index (χ0v) is 20.5. The van der Waals surface area contributed by atoms with Gasteiger partial charge in [-0.1, -0.05) is 36.0 Å². The van der Waals surface area contributed by atoms with E-state index >= 15 is 0 Å². The standard InChI is InChI=1S/C25H28N4O4S/c1-6-13-29-23(17(3)33-22-12-8-11-21(15-22)32-5)27-28-25(29)34-18(4)24(31)26-20-10-7-9-19(14-20)16(2)30/h6-12,14-15,17-18H,1,13H2,2-5H3,(H,26,31). The Kier molecular flexibility index (Phi) is 8.48. The summed E-state index contributed by atoms with van der Waals surface area (Å²) in [6, 6.07) is 14.2. The van der Waals surface area contributed by atoms with Gasteiger partial charge in [0, 0.05) is 23.9 Å². The van der Waals surface area contributed by atoms with Gasteiger partial charge in [-0.3, -0.25) is 14.2 Å². The number of carbonyl (C=O) groups excluding carboxylic acids is 2. The number of carbonyl (C=O) groups is 2. The van der Waals surface area contributed by atoms with E-state index in [0.29, 0.717) is 40.3 Å². The molecule has 178 valence electrons. The first kappa shape index (κ1) is 25.0. The summed E-state index contributed by atoms with van der Waals surface area (Å²) in [5, 5.41) is 11.6. The molecule has 0 radical (unpaired) electrons. The fourth-order valence-corrected chi connectivity index (χ4v) is 4.06. The molecule has 1 heterocycles. The van der Waals surface area contributed by atoms with Crippen molar-refractivity contribution in [3.05, 3.63) is 72.6 Å². The molecule has 1 aromatic heterocycles. The Bertz CT molecular complexity index is 1180. The summed E-state index contributed by atoms with van der Waals surface area (Å²) < 4.78 is 13.2. The van der Waals surface area contributed by atoms with E-state index in [4.69, 9.17) is 9.47 Å². The molecular weight excluding hydrogens is 452 g/mol. The van der Waals surface area contributed by atoms with Crippen LogP contribution in [0.3, 0.4) is 0 Å². The van der Waals surface area contributed by atoms with Crippen LogP contribution in [0.1, 0.15) is 43.1 Å². The third-order valence-electron chi connectivity index (χ3n) is 4.96. The van der Waals surface area contributed by atoms with Crippen molar-refractivity contribution in [1.82, 2.24) is 14.8 Å². The van der Waals surface area contributed by atoms with Crippen LogP contribution in [-0.2, 0) is 11.3 Å². The van der Waals surface area contributed by atoms with Crippen molar-refractivity contribution in [2.75, 3.05) is 12.4 Å². The lowest BCUT2D eigenvalue weighted by Gasteiger charge is -2.17. The van der Waals surface area contributed by atoms with Crippen LogP contribution in [0.15, 0.2) is 66.3 Å². The number of amides is 1. The summed E-state index contributed by atoms with van der Waals surface area (Å²) in [6.07, 6.45) is 1.35. The second kappa shape index (κ2) is 11.5. The Morgan fingerprint density at radius 1 is 1.15 bits per heavy atom. The molecule has 0 aliphatic heterocycles. The van der Waals surface area contributed by atoms with Gasteiger partial charge < -0.3 is 14.8 Å². The molecule has 0 aliphatic rings. The predicted molar refractivity (Wildman–Crippen MR) is 133 cm³/mol. The molecule has 34 heavy (non-hydrogen) atoms. The molecule has 2 unspecified atom stereocenters. The Balaban J connectivity index is 1.72. The maximum Gasteiger partial charge on any atom is 0.237 e. The lowest BCUT2D eigenvalue weighted by atomic mass is 10.1. The molecule has 0 spiro atoms. The summed E-state index contributed by atoms with van der Waals surface area (Å²) in [5.41, 5.74) is 1.11. The molecule has 2 atom stereocenters. The molecule has 0 bridgehead atoms. The van der Waals surface area contributed by atoms with Crippen molar-refractivity contribution in [3.8, 4) is 11.5 Å². The number of methoxy groups -OCH3 is 1. The van der Waals surface area contributed by atoms with Crippen molar-refractivity contribution in [3.63, 3.8) is 0 Å². The molecule has 1 N–H and O–H groups in total. The van der Waals surface area contributed by atoms with E-state index < -0.39 is 11.4 Å². The number of nitrogens with one attached hydrogen (secondary N) is 1. The largest absolute Gasteiger partial charge is 0.497 e. The van der Waals surface area contributed by atoms with Gasteiger partial charge in [0.05, 0.1) is 12.4 Å². The van der Waals surface area contributed by atoms with Crippen LogP contribution in [-0.4, -0.2) is 38.8 Å². The van der Waals surface area contributed by atoms with Crippen LogP contribution < -0.4 is 14.8 Å². The fourth-order valence-electron chi connectivity index (χ4n) is 3.19. The van der Waals surface area contributed by atoms with Crippen LogP contribution in [0.25, 0.3) is 0 Å². The van der Waals surface area contributed by atoms with Crippen LogP contribution in [0.5, 0.6) is 11.5 Å². The predicted octanol–water partition coefficient (Wildman–Crippen LogP) is 4.93. The smallest absolute Gasteiger partial charge is 0.237 e. The quantitative estimate of drug-likeness (QED) is 0.236. The SMILES string of the molecule is C=CCn1c(SC(C)C(=O)Nc2cccc(C(C)=O)c2)nnc1C(C)Oc1cccc(OC)c1. The lowest BCUT2D eigenvalue weighted by Crippen LogP contribution is -2.23. The highest BCUT2D eigenvalue weighted by Gasteiger charge is 2.23. The van der Waals surface area contributed by atoms with E-state index in [1.54, 1.807) is 50.4 Å². The number of rotatable bonds is 11. The van der Waals surface area contributed by atoms with Gasteiger partial charge in [0.15, 0.2) is 22.9 Å². The van der Waals surface area contributed by atoms with Crippen molar-refractivity contribution in [2.45, 2.75) is 43.8 Å². The first-order valence-corrected chi connectivity index (χ1v) is 11.6.